The summed E-state index contributed by atoms with van der Waals surface area (Å²) in [6, 6.07) is 12.9. The quantitative estimate of drug-likeness (QED) is 0.814. The van der Waals surface area contributed by atoms with Gasteiger partial charge in [0.15, 0.2) is 0 Å². The van der Waals surface area contributed by atoms with Gasteiger partial charge in [0.1, 0.15) is 0 Å². The number of pyridine rings is 1. The van der Waals surface area contributed by atoms with Gasteiger partial charge in [-0.15, -0.1) is 0 Å². The molecule has 0 unspecified atom stereocenters. The molecule has 1 aromatic carbocycles. The Hall–Kier alpha value is -3.09. The normalized spacial score (nSPS) is 13.7. The van der Waals surface area contributed by atoms with Crippen molar-refractivity contribution in [2.75, 3.05) is 38.7 Å². The first-order valence-electron chi connectivity index (χ1n) is 8.86. The van der Waals surface area contributed by atoms with E-state index in [1.807, 2.05) is 36.4 Å². The van der Waals surface area contributed by atoms with Crippen LogP contribution in [-0.2, 0) is 4.79 Å². The van der Waals surface area contributed by atoms with Gasteiger partial charge in [0.2, 0.25) is 11.8 Å². The summed E-state index contributed by atoms with van der Waals surface area (Å²) in [5, 5.41) is 0. The molecular formula is C20H24N4O3. The molecule has 1 aliphatic rings. The number of ether oxygens (including phenoxy) is 1. The van der Waals surface area contributed by atoms with Crippen molar-refractivity contribution >= 4 is 23.3 Å². The summed E-state index contributed by atoms with van der Waals surface area (Å²) in [6.45, 7) is 3.55. The first-order chi connectivity index (χ1) is 13.0. The lowest BCUT2D eigenvalue weighted by Crippen LogP contribution is -2.51. The summed E-state index contributed by atoms with van der Waals surface area (Å²) in [7, 11) is 3.43. The summed E-state index contributed by atoms with van der Waals surface area (Å²) >= 11 is 0. The SMILES string of the molecule is CC(=O)N1CC(COc2ccc(N(C(=O)N(C)C)c3ccccc3)cn2)C1. The molecular weight excluding hydrogens is 344 g/mol. The van der Waals surface area contributed by atoms with Crippen molar-refractivity contribution in [3.8, 4) is 5.88 Å². The first-order valence-corrected chi connectivity index (χ1v) is 8.86. The van der Waals surface area contributed by atoms with Crippen LogP contribution in [0.15, 0.2) is 48.7 Å². The molecule has 27 heavy (non-hydrogen) atoms. The Morgan fingerprint density at radius 1 is 1.11 bits per heavy atom. The summed E-state index contributed by atoms with van der Waals surface area (Å²) in [4.78, 5) is 33.1. The average Bonchev–Trinajstić information content (AvgIpc) is 2.62. The predicted octanol–water partition coefficient (Wildman–Crippen LogP) is 2.76. The van der Waals surface area contributed by atoms with E-state index in [2.05, 4.69) is 4.98 Å². The number of rotatable bonds is 5. The minimum Gasteiger partial charge on any atom is -0.477 e. The van der Waals surface area contributed by atoms with Gasteiger partial charge >= 0.3 is 6.03 Å². The standard InChI is InChI=1S/C20H24N4O3/c1-15(25)23-12-16(13-23)14-27-19-10-9-18(11-21-19)24(20(26)22(2)3)17-7-5-4-6-8-17/h4-11,16H,12-14H2,1-3H3. The first kappa shape index (κ1) is 18.7. The second kappa shape index (κ2) is 8.07. The van der Waals surface area contributed by atoms with Crippen LogP contribution in [0.1, 0.15) is 6.92 Å². The van der Waals surface area contributed by atoms with Crippen LogP contribution in [0.3, 0.4) is 0 Å². The zero-order valence-electron chi connectivity index (χ0n) is 15.8. The van der Waals surface area contributed by atoms with E-state index in [9.17, 15) is 9.59 Å². The van der Waals surface area contributed by atoms with Gasteiger partial charge in [-0.05, 0) is 18.2 Å². The Bertz CT molecular complexity index is 787. The zero-order valence-corrected chi connectivity index (χ0v) is 15.8. The lowest BCUT2D eigenvalue weighted by atomic mass is 10.0. The molecule has 1 fully saturated rings. The van der Waals surface area contributed by atoms with Crippen molar-refractivity contribution in [2.45, 2.75) is 6.92 Å². The number of nitrogens with zero attached hydrogens (tertiary/aromatic N) is 4. The monoisotopic (exact) mass is 368 g/mol. The summed E-state index contributed by atoms with van der Waals surface area (Å²) in [6.07, 6.45) is 1.63. The molecule has 1 saturated heterocycles. The van der Waals surface area contributed by atoms with Crippen LogP contribution in [-0.4, -0.2) is 60.5 Å². The molecule has 2 aromatic rings. The number of amides is 3. The van der Waals surface area contributed by atoms with Crippen LogP contribution in [0, 0.1) is 5.92 Å². The smallest absolute Gasteiger partial charge is 0.328 e. The number of hydrogen-bond donors (Lipinski definition) is 0. The molecule has 2 heterocycles. The zero-order chi connectivity index (χ0) is 19.4. The minimum atomic E-state index is -0.157. The Kier molecular flexibility index (Phi) is 5.59. The largest absolute Gasteiger partial charge is 0.477 e. The summed E-state index contributed by atoms with van der Waals surface area (Å²) in [5.74, 6) is 0.942. The van der Waals surface area contributed by atoms with Crippen LogP contribution in [0.2, 0.25) is 0 Å². The summed E-state index contributed by atoms with van der Waals surface area (Å²) in [5.41, 5.74) is 1.43. The van der Waals surface area contributed by atoms with Crippen molar-refractivity contribution in [1.82, 2.24) is 14.8 Å². The van der Waals surface area contributed by atoms with Crippen LogP contribution in [0.25, 0.3) is 0 Å². The number of carbonyl (C=O) groups excluding carboxylic acids is 2. The third kappa shape index (κ3) is 4.36. The molecule has 1 aliphatic heterocycles. The van der Waals surface area contributed by atoms with E-state index in [0.29, 0.717) is 24.1 Å². The lowest BCUT2D eigenvalue weighted by molar-refractivity contribution is -0.135. The molecule has 3 rings (SSSR count). The number of hydrogen-bond acceptors (Lipinski definition) is 4. The minimum absolute atomic E-state index is 0.0975. The number of para-hydroxylation sites is 1. The van der Waals surface area contributed by atoms with Crippen molar-refractivity contribution < 1.29 is 14.3 Å². The van der Waals surface area contributed by atoms with E-state index in [0.717, 1.165) is 18.8 Å². The Morgan fingerprint density at radius 2 is 1.81 bits per heavy atom. The van der Waals surface area contributed by atoms with Gasteiger partial charge in [0.05, 0.1) is 24.2 Å². The molecule has 0 atom stereocenters. The van der Waals surface area contributed by atoms with E-state index in [4.69, 9.17) is 4.74 Å². The molecule has 0 aliphatic carbocycles. The van der Waals surface area contributed by atoms with Crippen LogP contribution < -0.4 is 9.64 Å². The van der Waals surface area contributed by atoms with Gasteiger partial charge in [-0.2, -0.15) is 0 Å². The second-order valence-electron chi connectivity index (χ2n) is 6.80. The number of carbonyl (C=O) groups is 2. The maximum atomic E-state index is 12.6. The molecule has 142 valence electrons. The highest BCUT2D eigenvalue weighted by atomic mass is 16.5. The Balaban J connectivity index is 1.67. The molecule has 3 amide bonds. The topological polar surface area (TPSA) is 66.0 Å². The Labute approximate surface area is 159 Å². The highest BCUT2D eigenvalue weighted by Gasteiger charge is 2.29. The maximum absolute atomic E-state index is 12.6. The van der Waals surface area contributed by atoms with Crippen LogP contribution in [0.5, 0.6) is 5.88 Å². The van der Waals surface area contributed by atoms with Crippen molar-refractivity contribution in [1.29, 1.82) is 0 Å². The molecule has 0 N–H and O–H groups in total. The molecule has 1 aromatic heterocycles. The third-order valence-electron chi connectivity index (χ3n) is 4.44. The molecule has 7 heteroatoms. The van der Waals surface area contributed by atoms with Crippen molar-refractivity contribution in [3.05, 3.63) is 48.7 Å². The van der Waals surface area contributed by atoms with E-state index in [1.54, 1.807) is 43.1 Å². The number of aromatic nitrogens is 1. The van der Waals surface area contributed by atoms with Gasteiger partial charge in [0, 0.05) is 46.1 Å². The molecule has 0 spiro atoms. The lowest BCUT2D eigenvalue weighted by Gasteiger charge is -2.38. The van der Waals surface area contributed by atoms with Crippen LogP contribution >= 0.6 is 0 Å². The predicted molar refractivity (Wildman–Crippen MR) is 103 cm³/mol. The fourth-order valence-electron chi connectivity index (χ4n) is 2.87. The molecule has 7 nitrogen and oxygen atoms in total. The second-order valence-corrected chi connectivity index (χ2v) is 6.80. The van der Waals surface area contributed by atoms with Crippen LogP contribution in [0.4, 0.5) is 16.2 Å². The fourth-order valence-corrected chi connectivity index (χ4v) is 2.87. The number of likely N-dealkylation sites (tertiary alicyclic amines) is 1. The van der Waals surface area contributed by atoms with Gasteiger partial charge in [0.25, 0.3) is 0 Å². The van der Waals surface area contributed by atoms with E-state index in [-0.39, 0.29) is 11.9 Å². The van der Waals surface area contributed by atoms with Crippen molar-refractivity contribution in [3.63, 3.8) is 0 Å². The number of anilines is 2. The molecule has 0 bridgehead atoms. The average molecular weight is 368 g/mol. The number of urea groups is 1. The van der Waals surface area contributed by atoms with Gasteiger partial charge in [-0.3, -0.25) is 9.69 Å². The Morgan fingerprint density at radius 3 is 2.37 bits per heavy atom. The van der Waals surface area contributed by atoms with Gasteiger partial charge in [-0.1, -0.05) is 18.2 Å². The maximum Gasteiger partial charge on any atom is 0.328 e. The van der Waals surface area contributed by atoms with E-state index >= 15 is 0 Å². The highest BCUT2D eigenvalue weighted by molar-refractivity contribution is 5.99. The van der Waals surface area contributed by atoms with E-state index < -0.39 is 0 Å². The van der Waals surface area contributed by atoms with Gasteiger partial charge in [-0.25, -0.2) is 9.78 Å². The van der Waals surface area contributed by atoms with Gasteiger partial charge < -0.3 is 14.5 Å². The molecule has 0 radical (unpaired) electrons. The molecule has 0 saturated carbocycles. The third-order valence-corrected chi connectivity index (χ3v) is 4.44. The van der Waals surface area contributed by atoms with Crippen molar-refractivity contribution in [2.24, 2.45) is 5.92 Å². The highest BCUT2D eigenvalue weighted by Crippen LogP contribution is 2.27. The summed E-state index contributed by atoms with van der Waals surface area (Å²) < 4.78 is 5.72. The van der Waals surface area contributed by atoms with E-state index in [1.165, 1.54) is 4.90 Å². The fraction of sp³-hybridized carbons (Fsp3) is 0.350. The number of benzene rings is 1.